The van der Waals surface area contributed by atoms with Gasteiger partial charge in [0.25, 0.3) is 0 Å². The fourth-order valence-electron chi connectivity index (χ4n) is 4.56. The third kappa shape index (κ3) is 5.56. The van der Waals surface area contributed by atoms with Gasteiger partial charge in [0.05, 0.1) is 44.0 Å². The molecule has 0 aromatic rings. The highest BCUT2D eigenvalue weighted by Crippen LogP contribution is 2.46. The number of carbonyl (C=O) groups is 3. The zero-order valence-electron chi connectivity index (χ0n) is 21.2. The molecule has 200 valence electrons. The number of hydrogen-bond acceptors (Lipinski definition) is 10. The van der Waals surface area contributed by atoms with Crippen LogP contribution in [-0.2, 0) is 38.1 Å². The SMILES string of the molecule is C=C1C(=O)O[C@H]2[C@H]1[C@H](OC(=O)/C(=C\C)CO)[C@@H](OC[C@@H](C)CC)/C(C(=O)OC)=C\CC[C@@]1(CO1)[C@@H]2O. The van der Waals surface area contributed by atoms with Gasteiger partial charge in [0.1, 0.15) is 30.0 Å². The van der Waals surface area contributed by atoms with Crippen molar-refractivity contribution < 1.29 is 48.3 Å². The van der Waals surface area contributed by atoms with Crippen LogP contribution in [0.1, 0.15) is 40.0 Å². The van der Waals surface area contributed by atoms with E-state index >= 15 is 0 Å². The monoisotopic (exact) mass is 508 g/mol. The van der Waals surface area contributed by atoms with E-state index in [2.05, 4.69) is 6.58 Å². The number of aliphatic hydroxyl groups excluding tert-OH is 2. The fourth-order valence-corrected chi connectivity index (χ4v) is 4.56. The van der Waals surface area contributed by atoms with E-state index in [1.807, 2.05) is 13.8 Å². The molecule has 2 aliphatic heterocycles. The lowest BCUT2D eigenvalue weighted by molar-refractivity contribution is -0.166. The number of allylic oxidation sites excluding steroid dienone is 2. The maximum Gasteiger partial charge on any atom is 0.336 e. The first-order valence-corrected chi connectivity index (χ1v) is 12.2. The van der Waals surface area contributed by atoms with E-state index in [1.165, 1.54) is 13.2 Å². The van der Waals surface area contributed by atoms with E-state index in [0.717, 1.165) is 6.42 Å². The topological polar surface area (TPSA) is 141 Å². The summed E-state index contributed by atoms with van der Waals surface area (Å²) in [6.45, 7) is 9.26. The number of hydrogen-bond donors (Lipinski definition) is 2. The average Bonchev–Trinajstić information content (AvgIpc) is 3.60. The van der Waals surface area contributed by atoms with Gasteiger partial charge in [-0.1, -0.05) is 39.0 Å². The van der Waals surface area contributed by atoms with Gasteiger partial charge in [0, 0.05) is 5.57 Å². The number of rotatable bonds is 8. The molecule has 2 saturated heterocycles. The normalized spacial score (nSPS) is 34.8. The molecule has 3 aliphatic rings. The molecule has 0 amide bonds. The van der Waals surface area contributed by atoms with E-state index in [1.54, 1.807) is 13.0 Å². The maximum absolute atomic E-state index is 13.0. The van der Waals surface area contributed by atoms with Gasteiger partial charge in [-0.25, -0.2) is 14.4 Å². The summed E-state index contributed by atoms with van der Waals surface area (Å²) in [6, 6.07) is 0. The van der Waals surface area contributed by atoms with Crippen LogP contribution >= 0.6 is 0 Å². The lowest BCUT2D eigenvalue weighted by atomic mass is 9.78. The Kier molecular flexibility index (Phi) is 9.10. The predicted octanol–water partition coefficient (Wildman–Crippen LogP) is 1.39. The first kappa shape index (κ1) is 28.0. The molecule has 1 aliphatic carbocycles. The van der Waals surface area contributed by atoms with E-state index in [0.29, 0.717) is 12.8 Å². The third-order valence-electron chi connectivity index (χ3n) is 7.22. The van der Waals surface area contributed by atoms with Crippen LogP contribution in [0.5, 0.6) is 0 Å². The van der Waals surface area contributed by atoms with Gasteiger partial charge in [-0.3, -0.25) is 0 Å². The van der Waals surface area contributed by atoms with Crippen LogP contribution < -0.4 is 0 Å². The second kappa shape index (κ2) is 11.7. The Morgan fingerprint density at radius 1 is 1.39 bits per heavy atom. The van der Waals surface area contributed by atoms with Crippen molar-refractivity contribution in [2.45, 2.75) is 70.1 Å². The minimum Gasteiger partial charge on any atom is -0.466 e. The van der Waals surface area contributed by atoms with E-state index in [-0.39, 0.29) is 35.9 Å². The van der Waals surface area contributed by atoms with Gasteiger partial charge in [0.15, 0.2) is 0 Å². The molecule has 1 spiro atoms. The molecule has 2 fully saturated rings. The number of esters is 3. The molecule has 0 saturated carbocycles. The molecule has 0 aromatic heterocycles. The van der Waals surface area contributed by atoms with Crippen molar-refractivity contribution in [3.05, 3.63) is 35.5 Å². The Morgan fingerprint density at radius 2 is 2.08 bits per heavy atom. The van der Waals surface area contributed by atoms with Crippen molar-refractivity contribution in [3.63, 3.8) is 0 Å². The summed E-state index contributed by atoms with van der Waals surface area (Å²) in [4.78, 5) is 38.6. The molecule has 36 heavy (non-hydrogen) atoms. The van der Waals surface area contributed by atoms with Crippen molar-refractivity contribution in [1.82, 2.24) is 0 Å². The zero-order chi connectivity index (χ0) is 26.6. The van der Waals surface area contributed by atoms with E-state index in [9.17, 15) is 24.6 Å². The largest absolute Gasteiger partial charge is 0.466 e. The molecule has 3 rings (SSSR count). The summed E-state index contributed by atoms with van der Waals surface area (Å²) in [5.74, 6) is -3.24. The molecule has 0 bridgehead atoms. The summed E-state index contributed by atoms with van der Waals surface area (Å²) in [5.41, 5.74) is -0.904. The van der Waals surface area contributed by atoms with E-state index < -0.39 is 60.4 Å². The minimum atomic E-state index is -1.30. The highest BCUT2D eigenvalue weighted by atomic mass is 16.6. The highest BCUT2D eigenvalue weighted by Gasteiger charge is 2.61. The summed E-state index contributed by atoms with van der Waals surface area (Å²) >= 11 is 0. The first-order chi connectivity index (χ1) is 17.1. The molecular weight excluding hydrogens is 472 g/mol. The number of methoxy groups -OCH3 is 1. The Balaban J connectivity index is 2.17. The number of carbonyl (C=O) groups excluding carboxylic acids is 3. The summed E-state index contributed by atoms with van der Waals surface area (Å²) in [6.07, 6.45) is -0.332. The first-order valence-electron chi connectivity index (χ1n) is 12.2. The predicted molar refractivity (Wildman–Crippen MR) is 126 cm³/mol. The van der Waals surface area contributed by atoms with Crippen LogP contribution in [0, 0.1) is 11.8 Å². The molecule has 10 nitrogen and oxygen atoms in total. The van der Waals surface area contributed by atoms with Crippen molar-refractivity contribution in [1.29, 1.82) is 0 Å². The number of ether oxygens (including phenoxy) is 5. The molecular formula is C26H36O10. The molecule has 7 atom stereocenters. The Bertz CT molecular complexity index is 931. The molecule has 0 radical (unpaired) electrons. The maximum atomic E-state index is 13.0. The Morgan fingerprint density at radius 3 is 2.64 bits per heavy atom. The standard InChI is InChI=1S/C26H36O10/c1-6-14(3)12-33-19-17(25(31)32-5)9-8-10-26(13-34-26)22(28)21-18(15(4)23(29)36-21)20(19)35-24(30)16(7-2)11-27/h7,9,14,18-22,27-28H,4,6,8,10-13H2,1-3,5H3/b16-7-,17-9+/t14-,18+,19-,20-,21-,22+,26+/m0/s1. The lowest BCUT2D eigenvalue weighted by Gasteiger charge is -2.37. The van der Waals surface area contributed by atoms with Gasteiger partial charge in [-0.05, 0) is 25.7 Å². The molecule has 0 unspecified atom stereocenters. The van der Waals surface area contributed by atoms with Crippen molar-refractivity contribution in [3.8, 4) is 0 Å². The van der Waals surface area contributed by atoms with Crippen LogP contribution in [0.3, 0.4) is 0 Å². The van der Waals surface area contributed by atoms with Crippen LogP contribution in [0.15, 0.2) is 35.5 Å². The van der Waals surface area contributed by atoms with Gasteiger partial charge in [-0.15, -0.1) is 0 Å². The van der Waals surface area contributed by atoms with E-state index in [4.69, 9.17) is 23.7 Å². The summed E-state index contributed by atoms with van der Waals surface area (Å²) < 4.78 is 28.2. The molecule has 2 heterocycles. The molecule has 0 aromatic carbocycles. The lowest BCUT2D eigenvalue weighted by Crippen LogP contribution is -2.52. The fraction of sp³-hybridized carbons (Fsp3) is 0.654. The van der Waals surface area contributed by atoms with Gasteiger partial charge >= 0.3 is 17.9 Å². The van der Waals surface area contributed by atoms with Crippen LogP contribution in [-0.4, -0.2) is 85.1 Å². The second-order valence-electron chi connectivity index (χ2n) is 9.52. The quantitative estimate of drug-likeness (QED) is 0.214. The zero-order valence-corrected chi connectivity index (χ0v) is 21.2. The average molecular weight is 509 g/mol. The van der Waals surface area contributed by atoms with Crippen molar-refractivity contribution in [2.75, 3.05) is 26.9 Å². The summed E-state index contributed by atoms with van der Waals surface area (Å²) in [5, 5.41) is 20.9. The number of epoxide rings is 1. The van der Waals surface area contributed by atoms with Crippen LogP contribution in [0.2, 0.25) is 0 Å². The van der Waals surface area contributed by atoms with Gasteiger partial charge in [-0.2, -0.15) is 0 Å². The highest BCUT2D eigenvalue weighted by molar-refractivity contribution is 5.93. The number of aliphatic hydroxyl groups is 2. The number of fused-ring (bicyclic) bond motifs is 1. The van der Waals surface area contributed by atoms with Crippen molar-refractivity contribution in [2.24, 2.45) is 11.8 Å². The van der Waals surface area contributed by atoms with Crippen molar-refractivity contribution >= 4 is 17.9 Å². The molecule has 2 N–H and O–H groups in total. The van der Waals surface area contributed by atoms with Crippen LogP contribution in [0.25, 0.3) is 0 Å². The second-order valence-corrected chi connectivity index (χ2v) is 9.52. The Hall–Kier alpha value is -2.53. The smallest absolute Gasteiger partial charge is 0.336 e. The van der Waals surface area contributed by atoms with Crippen LogP contribution in [0.4, 0.5) is 0 Å². The van der Waals surface area contributed by atoms with Gasteiger partial charge in [0.2, 0.25) is 0 Å². The Labute approximate surface area is 210 Å². The minimum absolute atomic E-state index is 0.0219. The summed E-state index contributed by atoms with van der Waals surface area (Å²) in [7, 11) is 1.23. The molecule has 10 heteroatoms. The third-order valence-corrected chi connectivity index (χ3v) is 7.22. The van der Waals surface area contributed by atoms with Gasteiger partial charge < -0.3 is 33.9 Å².